The van der Waals surface area contributed by atoms with E-state index in [0.29, 0.717) is 45.0 Å². The van der Waals surface area contributed by atoms with Crippen LogP contribution in [-0.2, 0) is 0 Å². The molecule has 2 radical (unpaired) electrons. The molecule has 10 heteroatoms. The Morgan fingerprint density at radius 2 is 1.79 bits per heavy atom. The Morgan fingerprint density at radius 3 is 2.61 bits per heavy atom. The van der Waals surface area contributed by atoms with E-state index in [9.17, 15) is 4.79 Å². The lowest BCUT2D eigenvalue weighted by molar-refractivity contribution is 0.102. The number of hydrogen-bond acceptors (Lipinski definition) is 8. The van der Waals surface area contributed by atoms with Crippen molar-refractivity contribution < 1.29 is 19.0 Å². The quantitative estimate of drug-likeness (QED) is 0.304. The predicted molar refractivity (Wildman–Crippen MR) is 127 cm³/mol. The molecule has 4 rings (SSSR count). The number of nitrogens with one attached hydrogen (secondary N) is 1. The minimum atomic E-state index is -0.340. The lowest BCUT2D eigenvalue weighted by Crippen LogP contribution is -2.13. The van der Waals surface area contributed by atoms with Crippen LogP contribution < -0.4 is 25.0 Å². The van der Waals surface area contributed by atoms with Crippen molar-refractivity contribution in [2.24, 2.45) is 0 Å². The van der Waals surface area contributed by atoms with E-state index in [1.165, 1.54) is 0 Å². The van der Waals surface area contributed by atoms with Crippen LogP contribution in [0.1, 0.15) is 10.4 Å². The summed E-state index contributed by atoms with van der Waals surface area (Å²) in [5.74, 6) is 1.00. The number of hydrogen-bond donors (Lipinski definition) is 1. The van der Waals surface area contributed by atoms with E-state index in [2.05, 4.69) is 20.5 Å². The van der Waals surface area contributed by atoms with Gasteiger partial charge in [0.05, 0.1) is 12.7 Å². The number of methoxy groups -OCH3 is 1. The van der Waals surface area contributed by atoms with Crippen LogP contribution in [0.3, 0.4) is 0 Å². The number of rotatable bonds is 9. The zero-order chi connectivity index (χ0) is 23.0. The van der Waals surface area contributed by atoms with Gasteiger partial charge in [0.1, 0.15) is 32.6 Å². The fourth-order valence-electron chi connectivity index (χ4n) is 3.01. The third-order valence-corrected chi connectivity index (χ3v) is 5.30. The minimum Gasteiger partial charge on any atom is -0.496 e. The molecule has 4 aromatic rings. The predicted octanol–water partition coefficient (Wildman–Crippen LogP) is 3.11. The van der Waals surface area contributed by atoms with E-state index < -0.39 is 0 Å². The van der Waals surface area contributed by atoms with Crippen LogP contribution in [0.5, 0.6) is 16.7 Å². The second-order valence-corrected chi connectivity index (χ2v) is 7.65. The normalized spacial score (nSPS) is 10.5. The first-order valence-corrected chi connectivity index (χ1v) is 10.8. The van der Waals surface area contributed by atoms with Gasteiger partial charge in [0.25, 0.3) is 11.1 Å². The second kappa shape index (κ2) is 10.6. The van der Waals surface area contributed by atoms with Gasteiger partial charge in [-0.25, -0.2) is 0 Å². The third kappa shape index (κ3) is 5.66. The number of ether oxygens (including phenoxy) is 3. The summed E-state index contributed by atoms with van der Waals surface area (Å²) in [4.78, 5) is 17.1. The van der Waals surface area contributed by atoms with Gasteiger partial charge in [-0.3, -0.25) is 15.1 Å². The highest BCUT2D eigenvalue weighted by Crippen LogP contribution is 2.32. The highest BCUT2D eigenvalue weighted by molar-refractivity contribution is 7.17. The molecular weight excluding hydrogens is 439 g/mol. The van der Waals surface area contributed by atoms with Gasteiger partial charge in [0.2, 0.25) is 5.13 Å². The third-order valence-electron chi connectivity index (χ3n) is 4.55. The van der Waals surface area contributed by atoms with E-state index in [1.54, 1.807) is 49.8 Å². The van der Waals surface area contributed by atoms with Gasteiger partial charge in [-0.2, -0.15) is 0 Å². The monoisotopic (exact) mass is 458 g/mol. The van der Waals surface area contributed by atoms with E-state index in [-0.39, 0.29) is 12.5 Å². The summed E-state index contributed by atoms with van der Waals surface area (Å²) in [5.41, 5.74) is 2.52. The molecule has 0 aliphatic rings. The topological polar surface area (TPSA) is 95.5 Å². The zero-order valence-electron chi connectivity index (χ0n) is 17.7. The molecule has 0 saturated heterocycles. The van der Waals surface area contributed by atoms with Gasteiger partial charge in [-0.15, -0.1) is 5.10 Å². The molecule has 1 amide bonds. The smallest absolute Gasteiger partial charge is 0.295 e. The van der Waals surface area contributed by atoms with Gasteiger partial charge < -0.3 is 14.2 Å². The van der Waals surface area contributed by atoms with E-state index in [0.717, 1.165) is 16.9 Å². The van der Waals surface area contributed by atoms with Crippen LogP contribution in [0.2, 0.25) is 0 Å². The fraction of sp³-hybridized carbons (Fsp3) is 0.130. The van der Waals surface area contributed by atoms with Crippen LogP contribution in [0, 0.1) is 0 Å². The average molecular weight is 458 g/mol. The van der Waals surface area contributed by atoms with Crippen molar-refractivity contribution in [1.29, 1.82) is 0 Å². The molecule has 0 spiro atoms. The Labute approximate surface area is 196 Å². The average Bonchev–Trinajstić information content (AvgIpc) is 3.30. The van der Waals surface area contributed by atoms with Gasteiger partial charge in [-0.05, 0) is 35.6 Å². The Bertz CT molecular complexity index is 1230. The largest absolute Gasteiger partial charge is 0.496 e. The molecule has 0 atom stereocenters. The van der Waals surface area contributed by atoms with Crippen molar-refractivity contribution in [3.63, 3.8) is 0 Å². The van der Waals surface area contributed by atoms with Crippen LogP contribution >= 0.6 is 11.3 Å². The zero-order valence-corrected chi connectivity index (χ0v) is 18.5. The summed E-state index contributed by atoms with van der Waals surface area (Å²) < 4.78 is 16.6. The number of anilines is 1. The molecule has 0 saturated carbocycles. The molecule has 164 valence electrons. The van der Waals surface area contributed by atoms with Crippen molar-refractivity contribution in [3.8, 4) is 27.8 Å². The molecule has 2 aromatic heterocycles. The summed E-state index contributed by atoms with van der Waals surface area (Å²) >= 11 is 1.12. The highest BCUT2D eigenvalue weighted by Gasteiger charge is 2.17. The van der Waals surface area contributed by atoms with Gasteiger partial charge in [0, 0.05) is 23.5 Å². The van der Waals surface area contributed by atoms with Gasteiger partial charge in [-0.1, -0.05) is 40.9 Å². The molecular formula is C23H19BN4O4S. The summed E-state index contributed by atoms with van der Waals surface area (Å²) in [7, 11) is 7.23. The second-order valence-electron chi connectivity index (χ2n) is 6.71. The molecule has 2 aromatic carbocycles. The number of amides is 1. The maximum Gasteiger partial charge on any atom is 0.295 e. The van der Waals surface area contributed by atoms with Crippen LogP contribution in [-0.4, -0.2) is 49.3 Å². The van der Waals surface area contributed by atoms with Crippen molar-refractivity contribution in [2.45, 2.75) is 0 Å². The number of pyridine rings is 1. The lowest BCUT2D eigenvalue weighted by Gasteiger charge is -2.11. The standard InChI is InChI=1S/C23H19BN4O4S/c1-30-20-5-3-2-4-17(20)19-14-25-11-10-18(19)21(29)26-22-27-28-23(33-22)32-13-12-31-16-8-6-15(24)7-9-16/h2-11,14H,12-13H2,1H3,(H,26,27,29). The van der Waals surface area contributed by atoms with Crippen molar-refractivity contribution in [2.75, 3.05) is 25.6 Å². The number of aromatic nitrogens is 3. The molecule has 0 aliphatic carbocycles. The van der Waals surface area contributed by atoms with E-state index in [4.69, 9.17) is 22.1 Å². The van der Waals surface area contributed by atoms with Crippen molar-refractivity contribution in [1.82, 2.24) is 15.2 Å². The van der Waals surface area contributed by atoms with E-state index >= 15 is 0 Å². The van der Waals surface area contributed by atoms with E-state index in [1.807, 2.05) is 24.3 Å². The summed E-state index contributed by atoms with van der Waals surface area (Å²) in [6, 6.07) is 16.2. The molecule has 8 nitrogen and oxygen atoms in total. The number of nitrogens with zero attached hydrogens (tertiary/aromatic N) is 3. The summed E-state index contributed by atoms with van der Waals surface area (Å²) in [5, 5.41) is 11.3. The fourth-order valence-corrected chi connectivity index (χ4v) is 3.62. The Hall–Kier alpha value is -3.92. The first-order valence-electron chi connectivity index (χ1n) is 9.97. The number of para-hydroxylation sites is 1. The van der Waals surface area contributed by atoms with Crippen LogP contribution in [0.15, 0.2) is 67.0 Å². The number of benzene rings is 2. The maximum absolute atomic E-state index is 12.9. The van der Waals surface area contributed by atoms with Crippen LogP contribution in [0.4, 0.5) is 5.13 Å². The lowest BCUT2D eigenvalue weighted by atomic mass is 9.97. The van der Waals surface area contributed by atoms with Crippen molar-refractivity contribution in [3.05, 3.63) is 72.6 Å². The highest BCUT2D eigenvalue weighted by atomic mass is 32.1. The molecule has 1 N–H and O–H groups in total. The first-order chi connectivity index (χ1) is 16.1. The maximum atomic E-state index is 12.9. The van der Waals surface area contributed by atoms with Gasteiger partial charge in [0.15, 0.2) is 0 Å². The molecule has 0 unspecified atom stereocenters. The Balaban J connectivity index is 1.37. The van der Waals surface area contributed by atoms with Gasteiger partial charge >= 0.3 is 0 Å². The minimum absolute atomic E-state index is 0.273. The first kappa shape index (κ1) is 22.3. The molecule has 0 aliphatic heterocycles. The summed E-state index contributed by atoms with van der Waals surface area (Å²) in [6.45, 7) is 0.597. The Morgan fingerprint density at radius 1 is 1.00 bits per heavy atom. The summed E-state index contributed by atoms with van der Waals surface area (Å²) in [6.07, 6.45) is 3.19. The molecule has 0 fully saturated rings. The molecule has 2 heterocycles. The van der Waals surface area contributed by atoms with Crippen LogP contribution in [0.25, 0.3) is 11.1 Å². The van der Waals surface area contributed by atoms with Crippen molar-refractivity contribution >= 4 is 35.7 Å². The molecule has 0 bridgehead atoms. The number of carbonyl (C=O) groups is 1. The Kier molecular flexibility index (Phi) is 7.16. The molecule has 33 heavy (non-hydrogen) atoms. The SMILES string of the molecule is [B]c1ccc(OCCOc2nnc(NC(=O)c3ccncc3-c3ccccc3OC)s2)cc1. The number of carbonyl (C=O) groups excluding carboxylic acids is 1.